The van der Waals surface area contributed by atoms with Crippen LogP contribution in [0.15, 0.2) is 35.1 Å². The predicted octanol–water partition coefficient (Wildman–Crippen LogP) is 1.58. The molecule has 0 radical (unpaired) electrons. The Balaban J connectivity index is 1.82. The molecule has 0 aliphatic carbocycles. The summed E-state index contributed by atoms with van der Waals surface area (Å²) in [6.45, 7) is 0.652. The number of hydrogen-bond donors (Lipinski definition) is 1. The van der Waals surface area contributed by atoms with Crippen LogP contribution in [0.4, 0.5) is 0 Å². The van der Waals surface area contributed by atoms with E-state index in [1.165, 1.54) is 6.33 Å². The van der Waals surface area contributed by atoms with Crippen molar-refractivity contribution in [3.63, 3.8) is 0 Å². The number of aromatic nitrogens is 5. The first-order chi connectivity index (χ1) is 9.72. The van der Waals surface area contributed by atoms with Gasteiger partial charge in [0.1, 0.15) is 6.33 Å². The number of H-pyrrole nitrogens is 1. The van der Waals surface area contributed by atoms with E-state index < -0.39 is 0 Å². The van der Waals surface area contributed by atoms with E-state index in [1.54, 1.807) is 0 Å². The van der Waals surface area contributed by atoms with Crippen LogP contribution in [0.25, 0.3) is 22.8 Å². The molecule has 2 aromatic heterocycles. The van der Waals surface area contributed by atoms with Gasteiger partial charge >= 0.3 is 0 Å². The van der Waals surface area contributed by atoms with E-state index >= 15 is 0 Å². The number of rotatable bonds is 4. The molecular formula is C13H14N6O. The Kier molecular flexibility index (Phi) is 3.26. The van der Waals surface area contributed by atoms with E-state index in [9.17, 15) is 0 Å². The Morgan fingerprint density at radius 2 is 1.90 bits per heavy atom. The summed E-state index contributed by atoms with van der Waals surface area (Å²) >= 11 is 0. The summed E-state index contributed by atoms with van der Waals surface area (Å²) in [5.41, 5.74) is 1.84. The number of benzene rings is 1. The highest BCUT2D eigenvalue weighted by Crippen LogP contribution is 2.21. The lowest BCUT2D eigenvalue weighted by molar-refractivity contribution is 0.365. The molecule has 0 unspecified atom stereocenters. The highest BCUT2D eigenvalue weighted by molar-refractivity contribution is 5.61. The van der Waals surface area contributed by atoms with Crippen LogP contribution in [0.2, 0.25) is 0 Å². The monoisotopic (exact) mass is 270 g/mol. The van der Waals surface area contributed by atoms with Crippen LogP contribution in [0.1, 0.15) is 5.82 Å². The molecule has 20 heavy (non-hydrogen) atoms. The molecule has 0 saturated carbocycles. The number of hydrogen-bond acceptors (Lipinski definition) is 6. The van der Waals surface area contributed by atoms with Gasteiger partial charge in [0.15, 0.2) is 11.6 Å². The third-order valence-electron chi connectivity index (χ3n) is 2.75. The zero-order valence-corrected chi connectivity index (χ0v) is 11.2. The highest BCUT2D eigenvalue weighted by atomic mass is 16.5. The van der Waals surface area contributed by atoms with Gasteiger partial charge in [-0.1, -0.05) is 17.3 Å². The molecule has 0 aliphatic heterocycles. The van der Waals surface area contributed by atoms with Crippen molar-refractivity contribution < 1.29 is 4.52 Å². The molecule has 7 heteroatoms. The van der Waals surface area contributed by atoms with Gasteiger partial charge in [0, 0.05) is 11.1 Å². The van der Waals surface area contributed by atoms with Crippen molar-refractivity contribution in [2.24, 2.45) is 0 Å². The Morgan fingerprint density at radius 1 is 1.15 bits per heavy atom. The van der Waals surface area contributed by atoms with Crippen molar-refractivity contribution in [3.8, 4) is 22.8 Å². The molecule has 2 heterocycles. The molecule has 0 fully saturated rings. The molecule has 0 saturated heterocycles. The van der Waals surface area contributed by atoms with E-state index in [4.69, 9.17) is 4.52 Å². The second-order valence-corrected chi connectivity index (χ2v) is 4.66. The van der Waals surface area contributed by atoms with E-state index in [-0.39, 0.29) is 0 Å². The molecule has 102 valence electrons. The van der Waals surface area contributed by atoms with Crippen LogP contribution in [-0.2, 0) is 6.54 Å². The van der Waals surface area contributed by atoms with E-state index in [1.807, 2.05) is 43.3 Å². The summed E-state index contributed by atoms with van der Waals surface area (Å²) in [4.78, 5) is 10.4. The fourth-order valence-electron chi connectivity index (χ4n) is 1.83. The molecule has 3 aromatic rings. The van der Waals surface area contributed by atoms with Gasteiger partial charge in [-0.3, -0.25) is 5.10 Å². The number of nitrogens with one attached hydrogen (secondary N) is 1. The Morgan fingerprint density at radius 3 is 2.55 bits per heavy atom. The average Bonchev–Trinajstić information content (AvgIpc) is 3.09. The summed E-state index contributed by atoms with van der Waals surface area (Å²) < 4.78 is 5.26. The first-order valence-corrected chi connectivity index (χ1v) is 6.16. The zero-order chi connectivity index (χ0) is 13.9. The first-order valence-electron chi connectivity index (χ1n) is 6.16. The normalized spacial score (nSPS) is 11.2. The zero-order valence-electron chi connectivity index (χ0n) is 11.2. The quantitative estimate of drug-likeness (QED) is 0.775. The molecule has 0 aliphatic rings. The molecule has 1 aromatic carbocycles. The second-order valence-electron chi connectivity index (χ2n) is 4.66. The van der Waals surface area contributed by atoms with Crippen LogP contribution in [0.3, 0.4) is 0 Å². The largest absolute Gasteiger partial charge is 0.334 e. The van der Waals surface area contributed by atoms with Crippen molar-refractivity contribution in [2.75, 3.05) is 14.1 Å². The van der Waals surface area contributed by atoms with Gasteiger partial charge in [-0.25, -0.2) is 4.98 Å². The Hall–Kier alpha value is -2.54. The predicted molar refractivity (Wildman–Crippen MR) is 72.5 cm³/mol. The van der Waals surface area contributed by atoms with E-state index in [0.717, 1.165) is 17.0 Å². The fourth-order valence-corrected chi connectivity index (χ4v) is 1.83. The molecule has 0 atom stereocenters. The minimum Gasteiger partial charge on any atom is -0.334 e. The topological polar surface area (TPSA) is 83.7 Å². The van der Waals surface area contributed by atoms with Gasteiger partial charge in [-0.05, 0) is 26.2 Å². The third kappa shape index (κ3) is 2.57. The summed E-state index contributed by atoms with van der Waals surface area (Å²) in [6.07, 6.45) is 1.48. The van der Waals surface area contributed by atoms with Crippen molar-refractivity contribution in [1.29, 1.82) is 0 Å². The standard InChI is InChI=1S/C13H14N6O/c1-19(2)7-11-16-13(20-18-11)10-5-3-9(4-6-10)12-14-8-15-17-12/h3-6,8H,7H2,1-2H3,(H,14,15,17). The fraction of sp³-hybridized carbons (Fsp3) is 0.231. The van der Waals surface area contributed by atoms with E-state index in [2.05, 4.69) is 25.3 Å². The second kappa shape index (κ2) is 5.22. The van der Waals surface area contributed by atoms with Crippen molar-refractivity contribution >= 4 is 0 Å². The molecule has 0 bridgehead atoms. The van der Waals surface area contributed by atoms with E-state index in [0.29, 0.717) is 18.3 Å². The van der Waals surface area contributed by atoms with Crippen molar-refractivity contribution in [1.82, 2.24) is 30.2 Å². The van der Waals surface area contributed by atoms with Gasteiger partial charge < -0.3 is 9.42 Å². The number of aromatic amines is 1. The van der Waals surface area contributed by atoms with Gasteiger partial charge in [-0.15, -0.1) is 0 Å². The summed E-state index contributed by atoms with van der Waals surface area (Å²) in [6, 6.07) is 7.72. The maximum Gasteiger partial charge on any atom is 0.257 e. The molecule has 7 nitrogen and oxygen atoms in total. The van der Waals surface area contributed by atoms with Crippen LogP contribution < -0.4 is 0 Å². The summed E-state index contributed by atoms with van der Waals surface area (Å²) in [5.74, 6) is 1.92. The van der Waals surface area contributed by atoms with Gasteiger partial charge in [0.2, 0.25) is 0 Å². The summed E-state index contributed by atoms with van der Waals surface area (Å²) in [7, 11) is 3.92. The van der Waals surface area contributed by atoms with Gasteiger partial charge in [0.05, 0.1) is 6.54 Å². The smallest absolute Gasteiger partial charge is 0.257 e. The lowest BCUT2D eigenvalue weighted by atomic mass is 10.1. The molecule has 1 N–H and O–H groups in total. The molecule has 3 rings (SSSR count). The van der Waals surface area contributed by atoms with Crippen molar-refractivity contribution in [2.45, 2.75) is 6.54 Å². The third-order valence-corrected chi connectivity index (χ3v) is 2.75. The Bertz CT molecular complexity index is 671. The minimum atomic E-state index is 0.519. The number of nitrogens with zero attached hydrogens (tertiary/aromatic N) is 5. The maximum absolute atomic E-state index is 5.26. The summed E-state index contributed by atoms with van der Waals surface area (Å²) in [5, 5.41) is 10.6. The first kappa shape index (κ1) is 12.5. The van der Waals surface area contributed by atoms with Crippen LogP contribution >= 0.6 is 0 Å². The molecule has 0 spiro atoms. The van der Waals surface area contributed by atoms with Gasteiger partial charge in [0.25, 0.3) is 5.89 Å². The highest BCUT2D eigenvalue weighted by Gasteiger charge is 2.10. The Labute approximate surface area is 115 Å². The average molecular weight is 270 g/mol. The maximum atomic E-state index is 5.26. The van der Waals surface area contributed by atoms with Crippen LogP contribution in [0, 0.1) is 0 Å². The van der Waals surface area contributed by atoms with Crippen molar-refractivity contribution in [3.05, 3.63) is 36.4 Å². The molecular weight excluding hydrogens is 256 g/mol. The lowest BCUT2D eigenvalue weighted by Gasteiger charge is -2.03. The van der Waals surface area contributed by atoms with Gasteiger partial charge in [-0.2, -0.15) is 10.1 Å². The lowest BCUT2D eigenvalue weighted by Crippen LogP contribution is -2.11. The SMILES string of the molecule is CN(C)Cc1noc(-c2ccc(-c3ncn[nH]3)cc2)n1. The van der Waals surface area contributed by atoms with Crippen LogP contribution in [0.5, 0.6) is 0 Å². The molecule has 0 amide bonds. The van der Waals surface area contributed by atoms with Crippen LogP contribution in [-0.4, -0.2) is 44.3 Å². The minimum absolute atomic E-state index is 0.519.